The largest absolute Gasteiger partial charge is 0.497 e. The predicted octanol–water partition coefficient (Wildman–Crippen LogP) is 3.21. The Labute approximate surface area is 153 Å². The molecule has 10 heteroatoms. The summed E-state index contributed by atoms with van der Waals surface area (Å²) < 4.78 is 68.4. The smallest absolute Gasteiger partial charge is 0.435 e. The molecule has 1 heterocycles. The molecule has 0 saturated heterocycles. The van der Waals surface area contributed by atoms with E-state index in [0.717, 1.165) is 10.7 Å². The zero-order chi connectivity index (χ0) is 19.8. The fraction of sp³-hybridized carbons (Fsp3) is 0.118. The molecule has 0 bridgehead atoms. The number of nitrogens with two attached hydrogens (primary N) is 1. The first-order valence-electron chi connectivity index (χ1n) is 7.54. The van der Waals surface area contributed by atoms with Gasteiger partial charge >= 0.3 is 6.18 Å². The van der Waals surface area contributed by atoms with E-state index in [4.69, 9.17) is 9.88 Å². The Kier molecular flexibility index (Phi) is 4.70. The summed E-state index contributed by atoms with van der Waals surface area (Å²) in [5.41, 5.74) is -0.185. The third-order valence-corrected chi connectivity index (χ3v) is 4.72. The van der Waals surface area contributed by atoms with Crippen LogP contribution in [0.15, 0.2) is 59.5 Å². The van der Waals surface area contributed by atoms with E-state index < -0.39 is 21.9 Å². The van der Waals surface area contributed by atoms with Gasteiger partial charge in [0.1, 0.15) is 5.75 Å². The number of alkyl halides is 3. The molecule has 0 amide bonds. The minimum atomic E-state index is -4.63. The molecule has 6 nitrogen and oxygen atoms in total. The number of rotatable bonds is 4. The zero-order valence-corrected chi connectivity index (χ0v) is 14.8. The van der Waals surface area contributed by atoms with Gasteiger partial charge in [-0.3, -0.25) is 0 Å². The van der Waals surface area contributed by atoms with Gasteiger partial charge in [-0.2, -0.15) is 18.3 Å². The number of hydrogen-bond acceptors (Lipinski definition) is 4. The van der Waals surface area contributed by atoms with Crippen molar-refractivity contribution in [1.29, 1.82) is 0 Å². The second kappa shape index (κ2) is 6.71. The van der Waals surface area contributed by atoms with Crippen LogP contribution in [0.3, 0.4) is 0 Å². The SMILES string of the molecule is COc1ccc(-n2nc(C(F)(F)F)cc2-c2ccc(S(N)(=O)=O)cc2)cc1. The van der Waals surface area contributed by atoms with Crippen molar-refractivity contribution in [2.45, 2.75) is 11.1 Å². The van der Waals surface area contributed by atoms with Gasteiger partial charge in [0.2, 0.25) is 10.0 Å². The molecule has 0 aliphatic heterocycles. The van der Waals surface area contributed by atoms with Gasteiger partial charge in [-0.1, -0.05) is 12.1 Å². The van der Waals surface area contributed by atoms with Crippen LogP contribution in [0.25, 0.3) is 16.9 Å². The highest BCUT2D eigenvalue weighted by Gasteiger charge is 2.35. The Morgan fingerprint density at radius 3 is 2.11 bits per heavy atom. The molecular weight excluding hydrogens is 383 g/mol. The van der Waals surface area contributed by atoms with Gasteiger partial charge in [0.15, 0.2) is 5.69 Å². The standard InChI is InChI=1S/C17H14F3N3O3S/c1-26-13-6-4-12(5-7-13)23-15(10-16(22-23)17(18,19)20)11-2-8-14(9-3-11)27(21,24)25/h2-10H,1H3,(H2,21,24,25). The molecule has 2 N–H and O–H groups in total. The number of ether oxygens (including phenoxy) is 1. The van der Waals surface area contributed by atoms with Crippen LogP contribution in [0, 0.1) is 0 Å². The van der Waals surface area contributed by atoms with Gasteiger partial charge in [0.05, 0.1) is 23.4 Å². The summed E-state index contributed by atoms with van der Waals surface area (Å²) in [5.74, 6) is 0.543. The third kappa shape index (κ3) is 3.96. The number of primary sulfonamides is 1. The van der Waals surface area contributed by atoms with Crippen LogP contribution in [-0.2, 0) is 16.2 Å². The maximum Gasteiger partial charge on any atom is 0.435 e. The highest BCUT2D eigenvalue weighted by molar-refractivity contribution is 7.89. The van der Waals surface area contributed by atoms with Gasteiger partial charge in [-0.05, 0) is 42.5 Å². The summed E-state index contributed by atoms with van der Waals surface area (Å²) in [6, 6.07) is 12.4. The molecule has 142 valence electrons. The average molecular weight is 397 g/mol. The fourth-order valence-corrected chi connectivity index (χ4v) is 2.98. The molecule has 0 aliphatic carbocycles. The van der Waals surface area contributed by atoms with Crippen molar-refractivity contribution in [2.75, 3.05) is 7.11 Å². The summed E-state index contributed by atoms with van der Waals surface area (Å²) in [7, 11) is -2.43. The van der Waals surface area contributed by atoms with E-state index >= 15 is 0 Å². The van der Waals surface area contributed by atoms with Crippen LogP contribution in [0.5, 0.6) is 5.75 Å². The van der Waals surface area contributed by atoms with Crippen LogP contribution in [0.4, 0.5) is 13.2 Å². The number of aromatic nitrogens is 2. The highest BCUT2D eigenvalue weighted by Crippen LogP contribution is 2.33. The molecule has 27 heavy (non-hydrogen) atoms. The Morgan fingerprint density at radius 1 is 1.04 bits per heavy atom. The van der Waals surface area contributed by atoms with Crippen LogP contribution < -0.4 is 9.88 Å². The Bertz CT molecular complexity index is 1060. The van der Waals surface area contributed by atoms with Crippen LogP contribution >= 0.6 is 0 Å². The van der Waals surface area contributed by atoms with Crippen molar-refractivity contribution in [1.82, 2.24) is 9.78 Å². The van der Waals surface area contributed by atoms with Gasteiger partial charge in [-0.15, -0.1) is 0 Å². The first-order chi connectivity index (χ1) is 12.6. The summed E-state index contributed by atoms with van der Waals surface area (Å²) in [6.45, 7) is 0. The second-order valence-electron chi connectivity index (χ2n) is 5.59. The van der Waals surface area contributed by atoms with Gasteiger partial charge in [-0.25, -0.2) is 18.2 Å². The van der Waals surface area contributed by atoms with E-state index in [1.807, 2.05) is 0 Å². The fourth-order valence-electron chi connectivity index (χ4n) is 2.46. The molecule has 1 aromatic heterocycles. The van der Waals surface area contributed by atoms with E-state index in [2.05, 4.69) is 5.10 Å². The number of benzene rings is 2. The van der Waals surface area contributed by atoms with Gasteiger partial charge in [0, 0.05) is 5.56 Å². The summed E-state index contributed by atoms with van der Waals surface area (Å²) in [5, 5.41) is 8.71. The normalized spacial score (nSPS) is 12.2. The molecule has 0 unspecified atom stereocenters. The minimum absolute atomic E-state index is 0.141. The Hall–Kier alpha value is -2.85. The molecule has 2 aromatic carbocycles. The third-order valence-electron chi connectivity index (χ3n) is 3.80. The van der Waals surface area contributed by atoms with Crippen molar-refractivity contribution < 1.29 is 26.3 Å². The maximum absolute atomic E-state index is 13.2. The van der Waals surface area contributed by atoms with E-state index in [1.165, 1.54) is 31.4 Å². The Morgan fingerprint density at radius 2 is 1.63 bits per heavy atom. The Balaban J connectivity index is 2.14. The minimum Gasteiger partial charge on any atom is -0.497 e. The lowest BCUT2D eigenvalue weighted by Crippen LogP contribution is -2.11. The van der Waals surface area contributed by atoms with E-state index in [9.17, 15) is 21.6 Å². The van der Waals surface area contributed by atoms with Crippen molar-refractivity contribution in [2.24, 2.45) is 5.14 Å². The van der Waals surface area contributed by atoms with Crippen molar-refractivity contribution >= 4 is 10.0 Å². The molecule has 0 aliphatic rings. The summed E-state index contributed by atoms with van der Waals surface area (Å²) >= 11 is 0. The van der Waals surface area contributed by atoms with Crippen LogP contribution in [0.2, 0.25) is 0 Å². The second-order valence-corrected chi connectivity index (χ2v) is 7.15. The zero-order valence-electron chi connectivity index (χ0n) is 13.9. The van der Waals surface area contributed by atoms with Crippen LogP contribution in [0.1, 0.15) is 5.69 Å². The molecule has 0 spiro atoms. The van der Waals surface area contributed by atoms with E-state index in [1.54, 1.807) is 24.3 Å². The lowest BCUT2D eigenvalue weighted by atomic mass is 10.1. The van der Waals surface area contributed by atoms with Gasteiger partial charge < -0.3 is 4.74 Å². The number of halogens is 3. The van der Waals surface area contributed by atoms with Crippen LogP contribution in [-0.4, -0.2) is 25.3 Å². The van der Waals surface area contributed by atoms with Gasteiger partial charge in [0.25, 0.3) is 0 Å². The number of nitrogens with zero attached hydrogens (tertiary/aromatic N) is 2. The molecule has 0 radical (unpaired) electrons. The molecule has 0 atom stereocenters. The quantitative estimate of drug-likeness (QED) is 0.732. The number of hydrogen-bond donors (Lipinski definition) is 1. The van der Waals surface area contributed by atoms with E-state index in [0.29, 0.717) is 17.0 Å². The topological polar surface area (TPSA) is 87.2 Å². The lowest BCUT2D eigenvalue weighted by molar-refractivity contribution is -0.141. The van der Waals surface area contributed by atoms with Crippen molar-refractivity contribution in [3.63, 3.8) is 0 Å². The van der Waals surface area contributed by atoms with Crippen molar-refractivity contribution in [3.8, 4) is 22.7 Å². The molecule has 3 aromatic rings. The molecular formula is C17H14F3N3O3S. The maximum atomic E-state index is 13.2. The lowest BCUT2D eigenvalue weighted by Gasteiger charge is -2.09. The summed E-state index contributed by atoms with van der Waals surface area (Å²) in [4.78, 5) is -0.141. The average Bonchev–Trinajstić information content (AvgIpc) is 3.07. The first kappa shape index (κ1) is 18.9. The molecule has 0 fully saturated rings. The number of methoxy groups -OCH3 is 1. The van der Waals surface area contributed by atoms with E-state index in [-0.39, 0.29) is 10.6 Å². The summed E-state index contributed by atoms with van der Waals surface area (Å²) in [6.07, 6.45) is -4.63. The molecule has 3 rings (SSSR count). The first-order valence-corrected chi connectivity index (χ1v) is 9.09. The van der Waals surface area contributed by atoms with Crippen molar-refractivity contribution in [3.05, 3.63) is 60.3 Å². The highest BCUT2D eigenvalue weighted by atomic mass is 32.2. The number of sulfonamides is 1. The predicted molar refractivity (Wildman–Crippen MR) is 91.9 cm³/mol. The monoisotopic (exact) mass is 397 g/mol. The molecule has 0 saturated carbocycles.